The summed E-state index contributed by atoms with van der Waals surface area (Å²) < 4.78 is 23.4. The number of carboxylic acids is 1. The molecule has 2 rings (SSSR count). The Labute approximate surface area is 115 Å². The van der Waals surface area contributed by atoms with Gasteiger partial charge in [0.1, 0.15) is 5.25 Å². The number of aliphatic carboxylic acids is 1. The van der Waals surface area contributed by atoms with E-state index in [4.69, 9.17) is 16.9 Å². The lowest BCUT2D eigenvalue weighted by molar-refractivity contribution is -0.141. The fraction of sp³-hybridized carbons (Fsp3) is 0.333. The highest BCUT2D eigenvalue weighted by molar-refractivity contribution is 7.91. The second-order valence-electron chi connectivity index (χ2n) is 4.57. The molecule has 1 saturated carbocycles. The molecule has 0 aliphatic heterocycles. The molecule has 1 aromatic carbocycles. The molecule has 19 heavy (non-hydrogen) atoms. The van der Waals surface area contributed by atoms with Crippen LogP contribution in [0.15, 0.2) is 24.3 Å². The lowest BCUT2D eigenvalue weighted by Crippen LogP contribution is -2.21. The average Bonchev–Trinajstić information content (AvgIpc) is 3.00. The maximum absolute atomic E-state index is 11.7. The summed E-state index contributed by atoms with van der Waals surface area (Å²) in [5.74, 6) is -2.27. The quantitative estimate of drug-likeness (QED) is 0.911. The Hall–Kier alpha value is -1.58. The van der Waals surface area contributed by atoms with Gasteiger partial charge in [-0.15, -0.1) is 0 Å². The van der Waals surface area contributed by atoms with Gasteiger partial charge in [-0.05, 0) is 17.7 Å². The Balaban J connectivity index is 2.54. The van der Waals surface area contributed by atoms with Gasteiger partial charge in [-0.1, -0.05) is 23.7 Å². The smallest absolute Gasteiger partial charge is 0.326 e. The monoisotopic (exact) mass is 299 g/mol. The van der Waals surface area contributed by atoms with Crippen LogP contribution in [0.4, 0.5) is 0 Å². The zero-order valence-electron chi connectivity index (χ0n) is 9.87. The number of hydrogen-bond donors (Lipinski definition) is 1. The Morgan fingerprint density at radius 1 is 1.42 bits per heavy atom. The zero-order valence-corrected chi connectivity index (χ0v) is 11.4. The Morgan fingerprint density at radius 3 is 2.26 bits per heavy atom. The first kappa shape index (κ1) is 13.8. The van der Waals surface area contributed by atoms with E-state index in [-0.39, 0.29) is 0 Å². The molecule has 0 aromatic heterocycles. The third kappa shape index (κ3) is 1.99. The highest BCUT2D eigenvalue weighted by Crippen LogP contribution is 2.62. The average molecular weight is 300 g/mol. The first-order valence-corrected chi connectivity index (χ1v) is 7.67. The number of nitriles is 1. The minimum atomic E-state index is -3.64. The summed E-state index contributed by atoms with van der Waals surface area (Å²) in [6, 6.07) is 7.84. The Morgan fingerprint density at radius 2 is 1.95 bits per heavy atom. The van der Waals surface area contributed by atoms with Gasteiger partial charge in [-0.2, -0.15) is 5.26 Å². The summed E-state index contributed by atoms with van der Waals surface area (Å²) in [4.78, 5) is 11.3. The van der Waals surface area contributed by atoms with Crippen molar-refractivity contribution in [2.24, 2.45) is 5.41 Å². The van der Waals surface area contributed by atoms with Gasteiger partial charge in [0.2, 0.25) is 0 Å². The fourth-order valence-electron chi connectivity index (χ4n) is 2.48. The summed E-state index contributed by atoms with van der Waals surface area (Å²) in [6.07, 6.45) is 0.947. The molecule has 0 radical (unpaired) electrons. The molecule has 1 fully saturated rings. The van der Waals surface area contributed by atoms with Gasteiger partial charge in [0.05, 0.1) is 6.07 Å². The van der Waals surface area contributed by atoms with E-state index >= 15 is 0 Å². The van der Waals surface area contributed by atoms with Crippen LogP contribution in [-0.4, -0.2) is 31.0 Å². The van der Waals surface area contributed by atoms with Crippen molar-refractivity contribution in [1.29, 1.82) is 5.26 Å². The normalized spacial score (nSPS) is 29.5. The second kappa shape index (κ2) is 4.22. The molecule has 1 aromatic rings. The molecule has 0 heterocycles. The number of sulfone groups is 1. The molecule has 0 bridgehead atoms. The summed E-state index contributed by atoms with van der Waals surface area (Å²) in [7, 11) is -3.64. The summed E-state index contributed by atoms with van der Waals surface area (Å²) in [5, 5.41) is 17.6. The standard InChI is InChI=1S/C12H10ClNO4S/c1-19(17,18)10-9(12(10,6-14)11(15)16)7-2-4-8(13)5-3-7/h2-5,9-10H,1H3,(H,15,16)/t9-,10-,12+/m0/s1. The highest BCUT2D eigenvalue weighted by Gasteiger charge is 2.76. The summed E-state index contributed by atoms with van der Waals surface area (Å²) >= 11 is 5.73. The van der Waals surface area contributed by atoms with E-state index in [0.29, 0.717) is 10.6 Å². The van der Waals surface area contributed by atoms with Gasteiger partial charge in [0, 0.05) is 17.2 Å². The molecule has 7 heteroatoms. The molecule has 3 atom stereocenters. The van der Waals surface area contributed by atoms with Gasteiger partial charge >= 0.3 is 5.97 Å². The Bertz CT molecular complexity index is 677. The van der Waals surface area contributed by atoms with E-state index in [1.54, 1.807) is 30.3 Å². The molecule has 0 unspecified atom stereocenters. The molecular weight excluding hydrogens is 290 g/mol. The number of hydrogen-bond acceptors (Lipinski definition) is 4. The van der Waals surface area contributed by atoms with E-state index in [2.05, 4.69) is 0 Å². The van der Waals surface area contributed by atoms with Crippen LogP contribution < -0.4 is 0 Å². The van der Waals surface area contributed by atoms with Crippen molar-refractivity contribution in [1.82, 2.24) is 0 Å². The van der Waals surface area contributed by atoms with Crippen molar-refractivity contribution in [3.63, 3.8) is 0 Å². The molecule has 1 aliphatic rings. The van der Waals surface area contributed by atoms with Crippen molar-refractivity contribution in [2.75, 3.05) is 6.26 Å². The number of benzene rings is 1. The molecular formula is C12H10ClNO4S. The molecule has 0 amide bonds. The van der Waals surface area contributed by atoms with Gasteiger partial charge in [-0.3, -0.25) is 4.79 Å². The maximum atomic E-state index is 11.7. The third-order valence-corrected chi connectivity index (χ3v) is 5.18. The zero-order chi connectivity index (χ0) is 14.4. The third-order valence-electron chi connectivity index (χ3n) is 3.36. The van der Waals surface area contributed by atoms with Gasteiger partial charge < -0.3 is 5.11 Å². The molecule has 0 saturated heterocycles. The van der Waals surface area contributed by atoms with Crippen molar-refractivity contribution in [3.05, 3.63) is 34.9 Å². The lowest BCUT2D eigenvalue weighted by atomic mass is 10.0. The van der Waals surface area contributed by atoms with Crippen LogP contribution in [0.25, 0.3) is 0 Å². The first-order chi connectivity index (χ1) is 8.75. The van der Waals surface area contributed by atoms with Crippen LogP contribution in [0.1, 0.15) is 11.5 Å². The van der Waals surface area contributed by atoms with Crippen LogP contribution in [-0.2, 0) is 14.6 Å². The van der Waals surface area contributed by atoms with E-state index < -0.39 is 32.4 Å². The van der Waals surface area contributed by atoms with Crippen molar-refractivity contribution >= 4 is 27.4 Å². The van der Waals surface area contributed by atoms with Crippen molar-refractivity contribution < 1.29 is 18.3 Å². The SMILES string of the molecule is CS(=O)(=O)[C@H]1[C@H](c2ccc(Cl)cc2)[C@@]1(C#N)C(=O)O. The number of nitrogens with zero attached hydrogens (tertiary/aromatic N) is 1. The molecule has 0 spiro atoms. The van der Waals surface area contributed by atoms with Gasteiger partial charge in [0.25, 0.3) is 0 Å². The predicted octanol–water partition coefficient (Wildman–Crippen LogP) is 1.44. The van der Waals surface area contributed by atoms with E-state index in [9.17, 15) is 18.3 Å². The van der Waals surface area contributed by atoms with E-state index in [1.807, 2.05) is 0 Å². The van der Waals surface area contributed by atoms with Crippen LogP contribution in [0, 0.1) is 16.7 Å². The topological polar surface area (TPSA) is 95.2 Å². The molecule has 100 valence electrons. The highest BCUT2D eigenvalue weighted by atomic mass is 35.5. The van der Waals surface area contributed by atoms with Gasteiger partial charge in [0.15, 0.2) is 15.3 Å². The number of halogens is 1. The van der Waals surface area contributed by atoms with E-state index in [1.165, 1.54) is 0 Å². The largest absolute Gasteiger partial charge is 0.480 e. The maximum Gasteiger partial charge on any atom is 0.326 e. The number of carbonyl (C=O) groups is 1. The lowest BCUT2D eigenvalue weighted by Gasteiger charge is -2.02. The molecule has 1 N–H and O–H groups in total. The number of carboxylic acid groups (broad SMARTS) is 1. The van der Waals surface area contributed by atoms with Gasteiger partial charge in [-0.25, -0.2) is 8.42 Å². The summed E-state index contributed by atoms with van der Waals surface area (Å²) in [5.41, 5.74) is -1.41. The summed E-state index contributed by atoms with van der Waals surface area (Å²) in [6.45, 7) is 0. The van der Waals surface area contributed by atoms with Crippen molar-refractivity contribution in [2.45, 2.75) is 11.2 Å². The molecule has 5 nitrogen and oxygen atoms in total. The fourth-order valence-corrected chi connectivity index (χ4v) is 4.37. The minimum absolute atomic E-state index is 0.457. The van der Waals surface area contributed by atoms with Crippen LogP contribution in [0.5, 0.6) is 0 Å². The molecule has 1 aliphatic carbocycles. The Kier molecular flexibility index (Phi) is 3.07. The second-order valence-corrected chi connectivity index (χ2v) is 7.17. The van der Waals surface area contributed by atoms with E-state index in [0.717, 1.165) is 6.26 Å². The van der Waals surface area contributed by atoms with Crippen LogP contribution in [0.2, 0.25) is 5.02 Å². The predicted molar refractivity (Wildman–Crippen MR) is 68.5 cm³/mol. The van der Waals surface area contributed by atoms with Crippen molar-refractivity contribution in [3.8, 4) is 6.07 Å². The first-order valence-electron chi connectivity index (χ1n) is 5.34. The van der Waals surface area contributed by atoms with Crippen LogP contribution in [0.3, 0.4) is 0 Å². The van der Waals surface area contributed by atoms with Crippen LogP contribution >= 0.6 is 11.6 Å². The minimum Gasteiger partial charge on any atom is -0.480 e. The number of rotatable bonds is 3.